The molecular formula is C16H21N3S. The van der Waals surface area contributed by atoms with Crippen molar-refractivity contribution in [2.24, 2.45) is 5.92 Å². The van der Waals surface area contributed by atoms with Gasteiger partial charge in [0, 0.05) is 18.7 Å². The lowest BCUT2D eigenvalue weighted by atomic mass is 10.1. The average molecular weight is 287 g/mol. The molecule has 0 bridgehead atoms. The molecule has 1 aromatic heterocycles. The van der Waals surface area contributed by atoms with Crippen molar-refractivity contribution in [3.05, 3.63) is 42.2 Å². The van der Waals surface area contributed by atoms with E-state index in [1.54, 1.807) is 0 Å². The fourth-order valence-electron chi connectivity index (χ4n) is 1.83. The number of rotatable bonds is 6. The minimum atomic E-state index is 0.695. The molecule has 106 valence electrons. The Hall–Kier alpha value is -1.55. The van der Waals surface area contributed by atoms with Crippen molar-refractivity contribution in [2.45, 2.75) is 19.6 Å². The number of benzene rings is 1. The van der Waals surface area contributed by atoms with E-state index in [2.05, 4.69) is 41.3 Å². The van der Waals surface area contributed by atoms with Crippen molar-refractivity contribution in [1.29, 1.82) is 0 Å². The maximum atomic E-state index is 4.68. The molecule has 20 heavy (non-hydrogen) atoms. The van der Waals surface area contributed by atoms with Crippen molar-refractivity contribution in [1.82, 2.24) is 9.97 Å². The van der Waals surface area contributed by atoms with E-state index in [1.807, 2.05) is 43.1 Å². The minimum absolute atomic E-state index is 0.695. The van der Waals surface area contributed by atoms with Crippen LogP contribution in [0.4, 0.5) is 5.82 Å². The molecule has 0 aliphatic rings. The molecule has 1 N–H and O–H groups in total. The molecule has 0 aliphatic heterocycles. The number of aromatic nitrogens is 2. The third-order valence-electron chi connectivity index (χ3n) is 2.78. The van der Waals surface area contributed by atoms with Gasteiger partial charge in [-0.3, -0.25) is 0 Å². The number of hydrogen-bond acceptors (Lipinski definition) is 4. The highest BCUT2D eigenvalue weighted by Gasteiger charge is 2.06. The van der Waals surface area contributed by atoms with Gasteiger partial charge in [0.2, 0.25) is 0 Å². The first-order valence-corrected chi connectivity index (χ1v) is 8.03. The van der Waals surface area contributed by atoms with Crippen molar-refractivity contribution < 1.29 is 0 Å². The second kappa shape index (κ2) is 7.29. The molecule has 0 unspecified atom stereocenters. The molecular weight excluding hydrogens is 266 g/mol. The third kappa shape index (κ3) is 4.23. The standard InChI is InChI=1S/C16H21N3S/c1-12(2)10-20-11-16-18-14(9-15(17-3)19-16)13-7-5-4-6-8-13/h4-9,12H,10-11H2,1-3H3,(H,17,18,19). The van der Waals surface area contributed by atoms with Gasteiger partial charge in [-0.25, -0.2) is 9.97 Å². The lowest BCUT2D eigenvalue weighted by Crippen LogP contribution is -2.02. The summed E-state index contributed by atoms with van der Waals surface area (Å²) in [6.45, 7) is 4.46. The maximum Gasteiger partial charge on any atom is 0.141 e. The molecule has 2 aromatic rings. The van der Waals surface area contributed by atoms with E-state index < -0.39 is 0 Å². The zero-order valence-corrected chi connectivity index (χ0v) is 13.1. The van der Waals surface area contributed by atoms with E-state index in [1.165, 1.54) is 0 Å². The first-order chi connectivity index (χ1) is 9.69. The summed E-state index contributed by atoms with van der Waals surface area (Å²) in [5.74, 6) is 4.45. The lowest BCUT2D eigenvalue weighted by Gasteiger charge is -2.09. The first-order valence-electron chi connectivity index (χ1n) is 6.88. The van der Waals surface area contributed by atoms with E-state index in [4.69, 9.17) is 0 Å². The zero-order chi connectivity index (χ0) is 14.4. The summed E-state index contributed by atoms with van der Waals surface area (Å²) in [5.41, 5.74) is 2.10. The summed E-state index contributed by atoms with van der Waals surface area (Å²) in [6.07, 6.45) is 0. The molecule has 0 fully saturated rings. The SMILES string of the molecule is CNc1cc(-c2ccccc2)nc(CSCC(C)C)n1. The minimum Gasteiger partial charge on any atom is -0.373 e. The van der Waals surface area contributed by atoms with Gasteiger partial charge >= 0.3 is 0 Å². The number of thioether (sulfide) groups is 1. The van der Waals surface area contributed by atoms with Crippen LogP contribution in [-0.4, -0.2) is 22.8 Å². The molecule has 0 saturated carbocycles. The Labute approximate surface area is 125 Å². The highest BCUT2D eigenvalue weighted by atomic mass is 32.2. The van der Waals surface area contributed by atoms with Crippen LogP contribution in [0.3, 0.4) is 0 Å². The molecule has 0 spiro atoms. The third-order valence-corrected chi connectivity index (χ3v) is 4.15. The Kier molecular flexibility index (Phi) is 5.41. The van der Waals surface area contributed by atoms with Gasteiger partial charge in [0.15, 0.2) is 0 Å². The average Bonchev–Trinajstić information content (AvgIpc) is 2.47. The van der Waals surface area contributed by atoms with E-state index in [0.29, 0.717) is 5.92 Å². The van der Waals surface area contributed by atoms with Crippen LogP contribution >= 0.6 is 11.8 Å². The molecule has 2 rings (SSSR count). The van der Waals surface area contributed by atoms with Gasteiger partial charge in [-0.2, -0.15) is 11.8 Å². The highest BCUT2D eigenvalue weighted by molar-refractivity contribution is 7.98. The van der Waals surface area contributed by atoms with E-state index in [-0.39, 0.29) is 0 Å². The van der Waals surface area contributed by atoms with Crippen LogP contribution in [0.25, 0.3) is 11.3 Å². The number of nitrogens with zero attached hydrogens (tertiary/aromatic N) is 2. The van der Waals surface area contributed by atoms with E-state index in [9.17, 15) is 0 Å². The Bertz CT molecular complexity index is 541. The molecule has 0 saturated heterocycles. The van der Waals surface area contributed by atoms with Gasteiger partial charge in [-0.1, -0.05) is 44.2 Å². The van der Waals surface area contributed by atoms with Crippen molar-refractivity contribution in [3.8, 4) is 11.3 Å². The zero-order valence-electron chi connectivity index (χ0n) is 12.3. The summed E-state index contributed by atoms with van der Waals surface area (Å²) >= 11 is 1.88. The molecule has 0 amide bonds. The van der Waals surface area contributed by atoms with Gasteiger partial charge in [-0.05, 0) is 11.7 Å². The van der Waals surface area contributed by atoms with Crippen LogP contribution in [0.5, 0.6) is 0 Å². The van der Waals surface area contributed by atoms with Crippen molar-refractivity contribution in [3.63, 3.8) is 0 Å². The molecule has 1 aromatic carbocycles. The van der Waals surface area contributed by atoms with Gasteiger partial charge < -0.3 is 5.32 Å². The van der Waals surface area contributed by atoms with Crippen LogP contribution < -0.4 is 5.32 Å². The topological polar surface area (TPSA) is 37.8 Å². The monoisotopic (exact) mass is 287 g/mol. The van der Waals surface area contributed by atoms with Crippen LogP contribution in [0.15, 0.2) is 36.4 Å². The summed E-state index contributed by atoms with van der Waals surface area (Å²) in [4.78, 5) is 9.21. The van der Waals surface area contributed by atoms with Gasteiger partial charge in [0.1, 0.15) is 11.6 Å². The largest absolute Gasteiger partial charge is 0.373 e. The second-order valence-corrected chi connectivity index (χ2v) is 6.11. The summed E-state index contributed by atoms with van der Waals surface area (Å²) in [6, 6.07) is 12.2. The number of nitrogens with one attached hydrogen (secondary N) is 1. The fourth-order valence-corrected chi connectivity index (χ4v) is 2.73. The van der Waals surface area contributed by atoms with Crippen molar-refractivity contribution >= 4 is 17.6 Å². The normalized spacial score (nSPS) is 10.8. The van der Waals surface area contributed by atoms with Gasteiger partial charge in [0.25, 0.3) is 0 Å². The quantitative estimate of drug-likeness (QED) is 0.869. The molecule has 3 nitrogen and oxygen atoms in total. The highest BCUT2D eigenvalue weighted by Crippen LogP contribution is 2.21. The first kappa shape index (κ1) is 14.9. The van der Waals surface area contributed by atoms with Crippen LogP contribution in [0.1, 0.15) is 19.7 Å². The Balaban J connectivity index is 2.20. The van der Waals surface area contributed by atoms with Crippen LogP contribution in [0.2, 0.25) is 0 Å². The maximum absolute atomic E-state index is 4.68. The summed E-state index contributed by atoms with van der Waals surface area (Å²) in [7, 11) is 1.89. The lowest BCUT2D eigenvalue weighted by molar-refractivity contribution is 0.750. The summed E-state index contributed by atoms with van der Waals surface area (Å²) in [5, 5.41) is 3.12. The van der Waals surface area contributed by atoms with Gasteiger partial charge in [0.05, 0.1) is 11.4 Å². The molecule has 0 atom stereocenters. The second-order valence-electron chi connectivity index (χ2n) is 5.08. The van der Waals surface area contributed by atoms with Crippen LogP contribution in [-0.2, 0) is 5.75 Å². The molecule has 4 heteroatoms. The van der Waals surface area contributed by atoms with Crippen molar-refractivity contribution in [2.75, 3.05) is 18.1 Å². The Morgan fingerprint density at radius 3 is 2.55 bits per heavy atom. The molecule has 0 radical (unpaired) electrons. The molecule has 1 heterocycles. The number of hydrogen-bond donors (Lipinski definition) is 1. The van der Waals surface area contributed by atoms with E-state index in [0.717, 1.165) is 34.4 Å². The Morgan fingerprint density at radius 2 is 1.90 bits per heavy atom. The fraction of sp³-hybridized carbons (Fsp3) is 0.375. The summed E-state index contributed by atoms with van der Waals surface area (Å²) < 4.78 is 0. The van der Waals surface area contributed by atoms with Crippen LogP contribution in [0, 0.1) is 5.92 Å². The molecule has 0 aliphatic carbocycles. The number of anilines is 1. The predicted octanol–water partition coefficient (Wildman–Crippen LogP) is 4.07. The van der Waals surface area contributed by atoms with E-state index >= 15 is 0 Å². The van der Waals surface area contributed by atoms with Gasteiger partial charge in [-0.15, -0.1) is 0 Å². The predicted molar refractivity (Wildman–Crippen MR) is 88.0 cm³/mol. The smallest absolute Gasteiger partial charge is 0.141 e. The Morgan fingerprint density at radius 1 is 1.15 bits per heavy atom.